The van der Waals surface area contributed by atoms with Crippen LogP contribution in [0.15, 0.2) is 0 Å². The second-order valence-electron chi connectivity index (χ2n) is 4.90. The van der Waals surface area contributed by atoms with E-state index in [4.69, 9.17) is 4.74 Å². The van der Waals surface area contributed by atoms with Gasteiger partial charge in [-0.05, 0) is 11.8 Å². The number of nitrogens with zero attached hydrogens (tertiary/aromatic N) is 2. The molecule has 0 atom stereocenters. The fourth-order valence-electron chi connectivity index (χ4n) is 1.02. The Morgan fingerprint density at radius 2 is 2.06 bits per heavy atom. The molecule has 2 N–H and O–H groups in total. The molecule has 0 unspecified atom stereocenters. The lowest BCUT2D eigenvalue weighted by atomic mass is 9.94. The van der Waals surface area contributed by atoms with Crippen molar-refractivity contribution in [3.05, 3.63) is 0 Å². The number of ether oxygens (including phenoxy) is 1. The Morgan fingerprint density at radius 3 is 2.53 bits per heavy atom. The van der Waals surface area contributed by atoms with Gasteiger partial charge in [0, 0.05) is 0 Å². The molecule has 0 amide bonds. The Kier molecular flexibility index (Phi) is 3.97. The molecule has 0 fully saturated rings. The van der Waals surface area contributed by atoms with Gasteiger partial charge in [0.2, 0.25) is 16.0 Å². The van der Waals surface area contributed by atoms with Gasteiger partial charge in [0.15, 0.2) is 0 Å². The third kappa shape index (κ3) is 5.03. The van der Waals surface area contributed by atoms with Crippen LogP contribution in [0.25, 0.3) is 0 Å². The number of nitrogens with one attached hydrogen (secondary N) is 2. The van der Waals surface area contributed by atoms with Crippen molar-refractivity contribution in [2.24, 2.45) is 5.41 Å². The predicted octanol–water partition coefficient (Wildman–Crippen LogP) is 0.991. The molecule has 98 valence electrons. The molecule has 0 spiro atoms. The maximum Gasteiger partial charge on any atom is 0.336 e. The summed E-state index contributed by atoms with van der Waals surface area (Å²) in [6.07, 6.45) is 0.563. The summed E-state index contributed by atoms with van der Waals surface area (Å²) >= 11 is 0. The van der Waals surface area contributed by atoms with Gasteiger partial charge in [-0.2, -0.15) is 4.98 Å². The Balaban J connectivity index is 2.60. The van der Waals surface area contributed by atoms with Crippen LogP contribution >= 0.6 is 0 Å². The molecule has 0 saturated heterocycles. The highest BCUT2D eigenvalue weighted by molar-refractivity contribution is 7.92. The number of sulfonamides is 1. The number of methoxy groups -OCH3 is 1. The summed E-state index contributed by atoms with van der Waals surface area (Å²) in [6.45, 7) is 5.96. The van der Waals surface area contributed by atoms with Crippen LogP contribution in [-0.2, 0) is 10.0 Å². The van der Waals surface area contributed by atoms with Crippen LogP contribution in [0.3, 0.4) is 0 Å². The summed E-state index contributed by atoms with van der Waals surface area (Å²) < 4.78 is 30.5. The van der Waals surface area contributed by atoms with Crippen molar-refractivity contribution < 1.29 is 13.2 Å². The van der Waals surface area contributed by atoms with E-state index < -0.39 is 10.0 Å². The van der Waals surface area contributed by atoms with E-state index in [0.29, 0.717) is 6.42 Å². The quantitative estimate of drug-likeness (QED) is 0.824. The molecular formula is C9H18N4O3S. The van der Waals surface area contributed by atoms with Crippen LogP contribution < -0.4 is 9.46 Å². The summed E-state index contributed by atoms with van der Waals surface area (Å²) in [5, 5.41) is 6.08. The lowest BCUT2D eigenvalue weighted by Crippen LogP contribution is -2.21. The monoisotopic (exact) mass is 262 g/mol. The summed E-state index contributed by atoms with van der Waals surface area (Å²) in [6, 6.07) is 0.0959. The number of rotatable bonds is 5. The normalized spacial score (nSPS) is 12.5. The molecule has 17 heavy (non-hydrogen) atoms. The summed E-state index contributed by atoms with van der Waals surface area (Å²) in [5.74, 6) is 0.107. The number of hydrogen-bond acceptors (Lipinski definition) is 5. The number of anilines is 1. The van der Waals surface area contributed by atoms with E-state index in [-0.39, 0.29) is 23.1 Å². The zero-order valence-electron chi connectivity index (χ0n) is 10.4. The topological polar surface area (TPSA) is 97.0 Å². The largest absolute Gasteiger partial charge is 0.466 e. The molecular weight excluding hydrogens is 244 g/mol. The second-order valence-corrected chi connectivity index (χ2v) is 6.74. The second kappa shape index (κ2) is 4.91. The zero-order valence-corrected chi connectivity index (χ0v) is 11.3. The molecule has 0 radical (unpaired) electrons. The van der Waals surface area contributed by atoms with Gasteiger partial charge in [0.1, 0.15) is 0 Å². The van der Waals surface area contributed by atoms with Crippen molar-refractivity contribution in [3.8, 4) is 6.01 Å². The molecule has 0 aliphatic carbocycles. The molecule has 0 saturated carbocycles. The first-order valence-corrected chi connectivity index (χ1v) is 6.84. The highest BCUT2D eigenvalue weighted by Gasteiger charge is 2.18. The molecule has 0 aliphatic heterocycles. The van der Waals surface area contributed by atoms with E-state index in [0.717, 1.165) is 0 Å². The van der Waals surface area contributed by atoms with Crippen molar-refractivity contribution >= 4 is 16.0 Å². The molecule has 0 aromatic carbocycles. The van der Waals surface area contributed by atoms with Gasteiger partial charge in [-0.15, -0.1) is 5.10 Å². The fourth-order valence-corrected chi connectivity index (χ4v) is 2.39. The average molecular weight is 262 g/mol. The lowest BCUT2D eigenvalue weighted by Gasteiger charge is -2.17. The highest BCUT2D eigenvalue weighted by Crippen LogP contribution is 2.19. The first-order valence-electron chi connectivity index (χ1n) is 5.19. The van der Waals surface area contributed by atoms with E-state index in [1.54, 1.807) is 0 Å². The molecule has 1 aromatic rings. The van der Waals surface area contributed by atoms with Crippen molar-refractivity contribution in [1.82, 2.24) is 15.2 Å². The summed E-state index contributed by atoms with van der Waals surface area (Å²) in [5.41, 5.74) is -0.0339. The zero-order chi connectivity index (χ0) is 13.1. The maximum absolute atomic E-state index is 11.7. The van der Waals surface area contributed by atoms with E-state index in [1.165, 1.54) is 7.11 Å². The Hall–Kier alpha value is -1.31. The van der Waals surface area contributed by atoms with Gasteiger partial charge >= 0.3 is 6.01 Å². The minimum atomic E-state index is -3.40. The number of aromatic nitrogens is 3. The summed E-state index contributed by atoms with van der Waals surface area (Å²) in [4.78, 5) is 3.78. The Labute approximate surface area is 101 Å². The standard InChI is InChI=1S/C9H18N4O3S/c1-9(2,3)5-6-17(14,15)13-7-10-8(16-4)12-11-7/h5-6H2,1-4H3,(H2,10,11,12,13). The van der Waals surface area contributed by atoms with Crippen LogP contribution in [0.2, 0.25) is 0 Å². The van der Waals surface area contributed by atoms with Crippen LogP contribution in [0.5, 0.6) is 6.01 Å². The van der Waals surface area contributed by atoms with Gasteiger partial charge < -0.3 is 4.74 Å². The Bertz CT molecular complexity index is 461. The molecule has 1 aromatic heterocycles. The molecule has 1 heterocycles. The lowest BCUT2D eigenvalue weighted by molar-refractivity contribution is 0.382. The van der Waals surface area contributed by atoms with E-state index in [1.807, 2.05) is 20.8 Å². The first-order chi connectivity index (χ1) is 7.72. The van der Waals surface area contributed by atoms with Crippen molar-refractivity contribution in [3.63, 3.8) is 0 Å². The van der Waals surface area contributed by atoms with Gasteiger partial charge in [0.05, 0.1) is 12.9 Å². The van der Waals surface area contributed by atoms with Gasteiger partial charge in [-0.1, -0.05) is 20.8 Å². The van der Waals surface area contributed by atoms with Crippen LogP contribution in [0, 0.1) is 5.41 Å². The SMILES string of the molecule is COc1n[nH]c(NS(=O)(=O)CCC(C)(C)C)n1. The van der Waals surface area contributed by atoms with E-state index >= 15 is 0 Å². The van der Waals surface area contributed by atoms with Crippen LogP contribution in [0.4, 0.5) is 5.95 Å². The van der Waals surface area contributed by atoms with Crippen molar-refractivity contribution in [2.75, 3.05) is 17.6 Å². The number of aromatic amines is 1. The van der Waals surface area contributed by atoms with Gasteiger partial charge in [0.25, 0.3) is 0 Å². The average Bonchev–Trinajstić information content (AvgIpc) is 2.61. The van der Waals surface area contributed by atoms with E-state index in [9.17, 15) is 8.42 Å². The van der Waals surface area contributed by atoms with Crippen LogP contribution in [-0.4, -0.2) is 36.5 Å². The highest BCUT2D eigenvalue weighted by atomic mass is 32.2. The maximum atomic E-state index is 11.7. The molecule has 8 heteroatoms. The molecule has 0 aliphatic rings. The smallest absolute Gasteiger partial charge is 0.336 e. The fraction of sp³-hybridized carbons (Fsp3) is 0.778. The minimum Gasteiger partial charge on any atom is -0.466 e. The predicted molar refractivity (Wildman–Crippen MR) is 64.4 cm³/mol. The molecule has 1 rings (SSSR count). The minimum absolute atomic E-state index is 0.0339. The third-order valence-electron chi connectivity index (χ3n) is 2.02. The number of H-pyrrole nitrogens is 1. The Morgan fingerprint density at radius 1 is 1.41 bits per heavy atom. The molecule has 7 nitrogen and oxygen atoms in total. The van der Waals surface area contributed by atoms with Crippen molar-refractivity contribution in [1.29, 1.82) is 0 Å². The van der Waals surface area contributed by atoms with Crippen molar-refractivity contribution in [2.45, 2.75) is 27.2 Å². The number of hydrogen-bond donors (Lipinski definition) is 2. The first kappa shape index (κ1) is 13.8. The summed E-state index contributed by atoms with van der Waals surface area (Å²) in [7, 11) is -2.00. The van der Waals surface area contributed by atoms with Gasteiger partial charge in [-0.25, -0.2) is 13.5 Å². The third-order valence-corrected chi connectivity index (χ3v) is 3.27. The van der Waals surface area contributed by atoms with E-state index in [2.05, 4.69) is 19.9 Å². The molecule has 0 bridgehead atoms. The van der Waals surface area contributed by atoms with Gasteiger partial charge in [-0.3, -0.25) is 4.72 Å². The van der Waals surface area contributed by atoms with Crippen LogP contribution in [0.1, 0.15) is 27.2 Å².